The Morgan fingerprint density at radius 2 is 1.81 bits per heavy atom. The van der Waals surface area contributed by atoms with E-state index in [2.05, 4.69) is 5.32 Å². The molecule has 7 heteroatoms. The Kier molecular flexibility index (Phi) is 5.90. The van der Waals surface area contributed by atoms with Crippen molar-refractivity contribution in [3.05, 3.63) is 60.1 Å². The van der Waals surface area contributed by atoms with Crippen LogP contribution >= 0.6 is 0 Å². The molecule has 0 bridgehead atoms. The molecular weight excluding hydrogens is 346 g/mol. The average molecular weight is 369 g/mol. The van der Waals surface area contributed by atoms with Crippen molar-refractivity contribution < 1.29 is 18.8 Å². The van der Waals surface area contributed by atoms with Gasteiger partial charge in [-0.05, 0) is 31.0 Å². The summed E-state index contributed by atoms with van der Waals surface area (Å²) in [5.74, 6) is -0.436. The number of carbonyl (C=O) groups is 3. The van der Waals surface area contributed by atoms with Crippen LogP contribution in [0, 0.1) is 0 Å². The fraction of sp³-hybridized carbons (Fsp3) is 0.350. The molecule has 27 heavy (non-hydrogen) atoms. The largest absolute Gasteiger partial charge is 0.472 e. The van der Waals surface area contributed by atoms with Gasteiger partial charge < -0.3 is 19.5 Å². The first-order valence-electron chi connectivity index (χ1n) is 8.96. The summed E-state index contributed by atoms with van der Waals surface area (Å²) in [5, 5.41) is 2.96. The number of amides is 3. The molecule has 2 aromatic rings. The number of likely N-dealkylation sites (N-methyl/N-ethyl adjacent to an activating group) is 1. The molecule has 0 saturated carbocycles. The lowest BCUT2D eigenvalue weighted by Gasteiger charge is -2.32. The van der Waals surface area contributed by atoms with E-state index in [1.54, 1.807) is 42.3 Å². The minimum atomic E-state index is -0.193. The summed E-state index contributed by atoms with van der Waals surface area (Å²) in [5.41, 5.74) is 1.09. The highest BCUT2D eigenvalue weighted by Gasteiger charge is 2.25. The van der Waals surface area contributed by atoms with Crippen molar-refractivity contribution >= 4 is 17.7 Å². The predicted molar refractivity (Wildman–Crippen MR) is 99.2 cm³/mol. The molecule has 1 fully saturated rings. The van der Waals surface area contributed by atoms with E-state index in [0.717, 1.165) is 0 Å². The van der Waals surface area contributed by atoms with Gasteiger partial charge in [-0.2, -0.15) is 0 Å². The van der Waals surface area contributed by atoms with Crippen LogP contribution < -0.4 is 5.32 Å². The van der Waals surface area contributed by atoms with Crippen molar-refractivity contribution in [3.8, 4) is 0 Å². The number of piperidine rings is 1. The van der Waals surface area contributed by atoms with E-state index < -0.39 is 0 Å². The summed E-state index contributed by atoms with van der Waals surface area (Å²) in [6.07, 6.45) is 4.29. The van der Waals surface area contributed by atoms with E-state index in [9.17, 15) is 14.4 Å². The number of rotatable bonds is 5. The maximum Gasteiger partial charge on any atom is 0.257 e. The zero-order chi connectivity index (χ0) is 19.2. The number of hydrogen-bond donors (Lipinski definition) is 1. The zero-order valence-electron chi connectivity index (χ0n) is 15.3. The van der Waals surface area contributed by atoms with Gasteiger partial charge in [0.1, 0.15) is 6.26 Å². The summed E-state index contributed by atoms with van der Waals surface area (Å²) >= 11 is 0. The third-order valence-electron chi connectivity index (χ3n) is 4.66. The quantitative estimate of drug-likeness (QED) is 0.871. The SMILES string of the molecule is CN(CC(=O)NC1CCN(C(=O)c2ccoc2)CC1)C(=O)c1ccccc1. The first-order valence-corrected chi connectivity index (χ1v) is 8.96. The van der Waals surface area contributed by atoms with Crippen molar-refractivity contribution in [2.45, 2.75) is 18.9 Å². The van der Waals surface area contributed by atoms with Crippen LogP contribution in [0.1, 0.15) is 33.6 Å². The number of nitrogens with one attached hydrogen (secondary N) is 1. The molecule has 0 spiro atoms. The first kappa shape index (κ1) is 18.7. The first-order chi connectivity index (χ1) is 13.0. The van der Waals surface area contributed by atoms with Gasteiger partial charge >= 0.3 is 0 Å². The van der Waals surface area contributed by atoms with Crippen LogP contribution in [0.3, 0.4) is 0 Å². The van der Waals surface area contributed by atoms with Crippen molar-refractivity contribution in [1.29, 1.82) is 0 Å². The Morgan fingerprint density at radius 3 is 2.44 bits per heavy atom. The van der Waals surface area contributed by atoms with Crippen molar-refractivity contribution in [2.75, 3.05) is 26.7 Å². The normalized spacial score (nSPS) is 14.6. The van der Waals surface area contributed by atoms with Gasteiger partial charge in [-0.15, -0.1) is 0 Å². The second-order valence-corrected chi connectivity index (χ2v) is 6.67. The maximum absolute atomic E-state index is 12.3. The van der Waals surface area contributed by atoms with Gasteiger partial charge in [0.15, 0.2) is 0 Å². The van der Waals surface area contributed by atoms with Crippen LogP contribution in [0.15, 0.2) is 53.3 Å². The Balaban J connectivity index is 1.44. The van der Waals surface area contributed by atoms with Crippen molar-refractivity contribution in [1.82, 2.24) is 15.1 Å². The van der Waals surface area contributed by atoms with E-state index in [0.29, 0.717) is 37.1 Å². The topological polar surface area (TPSA) is 82.9 Å². The van der Waals surface area contributed by atoms with Crippen molar-refractivity contribution in [2.24, 2.45) is 0 Å². The fourth-order valence-corrected chi connectivity index (χ4v) is 3.16. The van der Waals surface area contributed by atoms with Gasteiger partial charge in [0.25, 0.3) is 11.8 Å². The third kappa shape index (κ3) is 4.75. The Morgan fingerprint density at radius 1 is 1.11 bits per heavy atom. The highest BCUT2D eigenvalue weighted by molar-refractivity contribution is 5.96. The van der Waals surface area contributed by atoms with Gasteiger partial charge in [-0.25, -0.2) is 0 Å². The molecule has 1 aromatic heterocycles. The lowest BCUT2D eigenvalue weighted by molar-refractivity contribution is -0.122. The molecule has 1 aliphatic rings. The fourth-order valence-electron chi connectivity index (χ4n) is 3.16. The Bertz CT molecular complexity index is 781. The van der Waals surface area contributed by atoms with E-state index in [1.807, 2.05) is 6.07 Å². The molecule has 0 radical (unpaired) electrons. The van der Waals surface area contributed by atoms with Gasteiger partial charge in [0.2, 0.25) is 5.91 Å². The summed E-state index contributed by atoms with van der Waals surface area (Å²) < 4.78 is 4.95. The molecule has 7 nitrogen and oxygen atoms in total. The maximum atomic E-state index is 12.3. The highest BCUT2D eigenvalue weighted by atomic mass is 16.3. The molecule has 3 rings (SSSR count). The second kappa shape index (κ2) is 8.53. The second-order valence-electron chi connectivity index (χ2n) is 6.67. The summed E-state index contributed by atoms with van der Waals surface area (Å²) in [6.45, 7) is 1.16. The van der Waals surface area contributed by atoms with Crippen molar-refractivity contribution in [3.63, 3.8) is 0 Å². The predicted octanol–water partition coefficient (Wildman–Crippen LogP) is 1.77. The van der Waals surface area contributed by atoms with E-state index >= 15 is 0 Å². The highest BCUT2D eigenvalue weighted by Crippen LogP contribution is 2.14. The van der Waals surface area contributed by atoms with Gasteiger partial charge in [-0.3, -0.25) is 14.4 Å². The monoisotopic (exact) mass is 369 g/mol. The van der Waals surface area contributed by atoms with Crippen LogP contribution in [0.2, 0.25) is 0 Å². The molecule has 2 heterocycles. The molecular formula is C20H23N3O4. The molecule has 1 saturated heterocycles. The molecule has 1 aromatic carbocycles. The van der Waals surface area contributed by atoms with Gasteiger partial charge in [-0.1, -0.05) is 18.2 Å². The van der Waals surface area contributed by atoms with E-state index in [1.165, 1.54) is 17.4 Å². The lowest BCUT2D eigenvalue weighted by Crippen LogP contribution is -2.48. The summed E-state index contributed by atoms with van der Waals surface area (Å²) in [6, 6.07) is 10.5. The lowest BCUT2D eigenvalue weighted by atomic mass is 10.0. The number of likely N-dealkylation sites (tertiary alicyclic amines) is 1. The molecule has 142 valence electrons. The van der Waals surface area contributed by atoms with Gasteiger partial charge in [0, 0.05) is 31.7 Å². The zero-order valence-corrected chi connectivity index (χ0v) is 15.3. The van der Waals surface area contributed by atoms with E-state index in [-0.39, 0.29) is 30.3 Å². The van der Waals surface area contributed by atoms with Crippen LogP contribution in [0.4, 0.5) is 0 Å². The molecule has 1 aliphatic heterocycles. The third-order valence-corrected chi connectivity index (χ3v) is 4.66. The molecule has 0 atom stereocenters. The molecule has 1 N–H and O–H groups in total. The Labute approximate surface area is 157 Å². The minimum Gasteiger partial charge on any atom is -0.472 e. The summed E-state index contributed by atoms with van der Waals surface area (Å²) in [7, 11) is 1.61. The standard InChI is InChI=1S/C20H23N3O4/c1-22(19(25)15-5-3-2-4-6-15)13-18(24)21-17-7-10-23(11-8-17)20(26)16-9-12-27-14-16/h2-6,9,12,14,17H,7-8,10-11,13H2,1H3,(H,21,24). The molecule has 3 amide bonds. The minimum absolute atomic E-state index is 0.00188. The number of hydrogen-bond acceptors (Lipinski definition) is 4. The number of carbonyl (C=O) groups excluding carboxylic acids is 3. The van der Waals surface area contributed by atoms with Gasteiger partial charge in [0.05, 0.1) is 18.4 Å². The van der Waals surface area contributed by atoms with Crippen LogP contribution in [-0.2, 0) is 4.79 Å². The number of nitrogens with zero attached hydrogens (tertiary/aromatic N) is 2. The van der Waals surface area contributed by atoms with Crippen LogP contribution in [0.5, 0.6) is 0 Å². The number of furan rings is 1. The average Bonchev–Trinajstić information content (AvgIpc) is 3.23. The van der Waals surface area contributed by atoms with Crippen LogP contribution in [0.25, 0.3) is 0 Å². The number of benzene rings is 1. The molecule has 0 unspecified atom stereocenters. The molecule has 0 aliphatic carbocycles. The van der Waals surface area contributed by atoms with Crippen LogP contribution in [-0.4, -0.2) is 60.2 Å². The smallest absolute Gasteiger partial charge is 0.257 e. The summed E-state index contributed by atoms with van der Waals surface area (Å²) in [4.78, 5) is 40.0. The Hall–Kier alpha value is -3.09. The van der Waals surface area contributed by atoms with E-state index in [4.69, 9.17) is 4.42 Å².